The highest BCUT2D eigenvalue weighted by Gasteiger charge is 2.15. The lowest BCUT2D eigenvalue weighted by Gasteiger charge is -2.22. The van der Waals surface area contributed by atoms with E-state index in [-0.39, 0.29) is 0 Å². The van der Waals surface area contributed by atoms with Crippen LogP contribution in [-0.2, 0) is 0 Å². The lowest BCUT2D eigenvalue weighted by atomic mass is 10.1. The van der Waals surface area contributed by atoms with Crippen LogP contribution < -0.4 is 5.32 Å². The molecule has 0 spiro atoms. The zero-order chi connectivity index (χ0) is 10.8. The highest BCUT2D eigenvalue weighted by molar-refractivity contribution is 7.08. The van der Waals surface area contributed by atoms with Crippen molar-refractivity contribution < 1.29 is 0 Å². The molecule has 0 bridgehead atoms. The molecule has 4 heteroatoms. The van der Waals surface area contributed by atoms with Crippen molar-refractivity contribution in [3.63, 3.8) is 0 Å². The largest absolute Gasteiger partial charge is 0.315 e. The molecule has 2 aromatic heterocycles. The van der Waals surface area contributed by atoms with E-state index in [2.05, 4.69) is 44.2 Å². The number of aromatic nitrogens is 2. The first-order valence-corrected chi connectivity index (χ1v) is 6.66. The number of nitrogens with one attached hydrogen (secondary N) is 1. The van der Waals surface area contributed by atoms with Gasteiger partial charge in [0.15, 0.2) is 0 Å². The van der Waals surface area contributed by atoms with Gasteiger partial charge in [-0.1, -0.05) is 0 Å². The first kappa shape index (κ1) is 10.1. The molecule has 1 aliphatic rings. The van der Waals surface area contributed by atoms with Gasteiger partial charge in [0.1, 0.15) is 0 Å². The van der Waals surface area contributed by atoms with Gasteiger partial charge < -0.3 is 5.32 Å². The molecular formula is C12H15N3S. The maximum absolute atomic E-state index is 4.66. The van der Waals surface area contributed by atoms with Crippen molar-refractivity contribution in [1.82, 2.24) is 15.1 Å². The van der Waals surface area contributed by atoms with Crippen LogP contribution in [0.3, 0.4) is 0 Å². The molecule has 0 aromatic carbocycles. The van der Waals surface area contributed by atoms with Gasteiger partial charge in [-0.05, 0) is 36.9 Å². The van der Waals surface area contributed by atoms with Gasteiger partial charge in [-0.2, -0.15) is 16.4 Å². The minimum atomic E-state index is 0.529. The molecule has 3 heterocycles. The number of thiophene rings is 1. The fraction of sp³-hybridized carbons (Fsp3) is 0.417. The second-order valence-corrected chi connectivity index (χ2v) is 4.97. The van der Waals surface area contributed by atoms with Crippen molar-refractivity contribution in [2.24, 2.45) is 0 Å². The third-order valence-electron chi connectivity index (χ3n) is 3.07. The quantitative estimate of drug-likeness (QED) is 0.864. The molecule has 1 N–H and O–H groups in total. The molecule has 0 radical (unpaired) electrons. The summed E-state index contributed by atoms with van der Waals surface area (Å²) in [7, 11) is 0. The van der Waals surface area contributed by atoms with Crippen LogP contribution in [0, 0.1) is 0 Å². The maximum Gasteiger partial charge on any atom is 0.0931 e. The Morgan fingerprint density at radius 1 is 1.44 bits per heavy atom. The van der Waals surface area contributed by atoms with E-state index in [0.717, 1.165) is 18.8 Å². The van der Waals surface area contributed by atoms with E-state index >= 15 is 0 Å². The fourth-order valence-corrected chi connectivity index (χ4v) is 2.81. The smallest absolute Gasteiger partial charge is 0.0931 e. The summed E-state index contributed by atoms with van der Waals surface area (Å²) in [6.07, 6.45) is 4.58. The molecule has 84 valence electrons. The molecule has 1 unspecified atom stereocenters. The predicted octanol–water partition coefficient (Wildman–Crippen LogP) is 2.54. The topological polar surface area (TPSA) is 29.9 Å². The van der Waals surface area contributed by atoms with Crippen LogP contribution >= 0.6 is 11.3 Å². The molecule has 2 aromatic rings. The Morgan fingerprint density at radius 2 is 2.44 bits per heavy atom. The first-order valence-electron chi connectivity index (χ1n) is 5.72. The zero-order valence-corrected chi connectivity index (χ0v) is 9.91. The summed E-state index contributed by atoms with van der Waals surface area (Å²) in [6.45, 7) is 2.19. The summed E-state index contributed by atoms with van der Waals surface area (Å²) in [5.41, 5.74) is 2.32. The van der Waals surface area contributed by atoms with Gasteiger partial charge in [0, 0.05) is 23.7 Å². The number of nitrogens with zero attached hydrogens (tertiary/aromatic N) is 2. The van der Waals surface area contributed by atoms with Crippen molar-refractivity contribution in [3.8, 4) is 11.3 Å². The van der Waals surface area contributed by atoms with Gasteiger partial charge in [-0.25, -0.2) is 0 Å². The molecule has 1 aliphatic heterocycles. The van der Waals surface area contributed by atoms with Gasteiger partial charge in [0.25, 0.3) is 0 Å². The molecule has 1 fully saturated rings. The number of piperidine rings is 1. The molecule has 3 rings (SSSR count). The van der Waals surface area contributed by atoms with E-state index in [0.29, 0.717) is 6.04 Å². The third kappa shape index (κ3) is 1.90. The number of hydrogen-bond acceptors (Lipinski definition) is 3. The Kier molecular flexibility index (Phi) is 2.76. The summed E-state index contributed by atoms with van der Waals surface area (Å²) < 4.78 is 2.11. The van der Waals surface area contributed by atoms with Crippen molar-refractivity contribution in [3.05, 3.63) is 29.1 Å². The van der Waals surface area contributed by atoms with E-state index in [1.807, 2.05) is 0 Å². The molecular weight excluding hydrogens is 218 g/mol. The number of hydrogen-bond donors (Lipinski definition) is 1. The monoisotopic (exact) mass is 233 g/mol. The number of rotatable bonds is 2. The second kappa shape index (κ2) is 4.39. The van der Waals surface area contributed by atoms with E-state index < -0.39 is 0 Å². The molecule has 0 aliphatic carbocycles. The van der Waals surface area contributed by atoms with Gasteiger partial charge in [0.05, 0.1) is 11.7 Å². The average Bonchev–Trinajstić information content (AvgIpc) is 3.01. The fourth-order valence-electron chi connectivity index (χ4n) is 2.16. The highest BCUT2D eigenvalue weighted by atomic mass is 32.1. The summed E-state index contributed by atoms with van der Waals surface area (Å²) in [5.74, 6) is 0. The molecule has 3 nitrogen and oxygen atoms in total. The summed E-state index contributed by atoms with van der Waals surface area (Å²) >= 11 is 1.72. The summed E-state index contributed by atoms with van der Waals surface area (Å²) in [5, 5.41) is 12.3. The van der Waals surface area contributed by atoms with Crippen LogP contribution in [0.2, 0.25) is 0 Å². The first-order chi connectivity index (χ1) is 7.93. The van der Waals surface area contributed by atoms with Gasteiger partial charge in [0.2, 0.25) is 0 Å². The standard InChI is InChI=1S/C12H15N3S/c1-2-11(8-13-5-1)15-6-3-12(14-15)10-4-7-16-9-10/h3-4,6-7,9,11,13H,1-2,5,8H2. The van der Waals surface area contributed by atoms with Crippen LogP contribution in [0.15, 0.2) is 29.1 Å². The van der Waals surface area contributed by atoms with Crippen LogP contribution in [0.25, 0.3) is 11.3 Å². The average molecular weight is 233 g/mol. The summed E-state index contributed by atoms with van der Waals surface area (Å²) in [6, 6.07) is 4.76. The van der Waals surface area contributed by atoms with Crippen molar-refractivity contribution in [2.75, 3.05) is 13.1 Å². The third-order valence-corrected chi connectivity index (χ3v) is 3.75. The van der Waals surface area contributed by atoms with Crippen LogP contribution in [0.4, 0.5) is 0 Å². The van der Waals surface area contributed by atoms with Gasteiger partial charge in [-0.3, -0.25) is 4.68 Å². The summed E-state index contributed by atoms with van der Waals surface area (Å²) in [4.78, 5) is 0. The molecule has 0 saturated carbocycles. The van der Waals surface area contributed by atoms with E-state index in [9.17, 15) is 0 Å². The Labute approximate surface area is 99.1 Å². The zero-order valence-electron chi connectivity index (χ0n) is 9.10. The van der Waals surface area contributed by atoms with Crippen LogP contribution in [0.1, 0.15) is 18.9 Å². The van der Waals surface area contributed by atoms with Gasteiger partial charge in [-0.15, -0.1) is 0 Å². The second-order valence-electron chi connectivity index (χ2n) is 4.19. The lowest BCUT2D eigenvalue weighted by Crippen LogP contribution is -2.31. The lowest BCUT2D eigenvalue weighted by molar-refractivity contribution is 0.347. The Balaban J connectivity index is 1.82. The minimum absolute atomic E-state index is 0.529. The molecule has 1 atom stereocenters. The SMILES string of the molecule is c1cc(-c2ccn(C3CCCNC3)n2)cs1. The van der Waals surface area contributed by atoms with Crippen molar-refractivity contribution in [1.29, 1.82) is 0 Å². The highest BCUT2D eigenvalue weighted by Crippen LogP contribution is 2.22. The van der Waals surface area contributed by atoms with Crippen molar-refractivity contribution in [2.45, 2.75) is 18.9 Å². The Hall–Kier alpha value is -1.13. The minimum Gasteiger partial charge on any atom is -0.315 e. The maximum atomic E-state index is 4.66. The Morgan fingerprint density at radius 3 is 3.19 bits per heavy atom. The normalized spacial score (nSPS) is 21.1. The Bertz CT molecular complexity index is 441. The predicted molar refractivity (Wildman–Crippen MR) is 66.7 cm³/mol. The van der Waals surface area contributed by atoms with Crippen LogP contribution in [0.5, 0.6) is 0 Å². The van der Waals surface area contributed by atoms with E-state index in [4.69, 9.17) is 0 Å². The molecule has 0 amide bonds. The molecule has 1 saturated heterocycles. The van der Waals surface area contributed by atoms with Gasteiger partial charge >= 0.3 is 0 Å². The molecule has 16 heavy (non-hydrogen) atoms. The van der Waals surface area contributed by atoms with E-state index in [1.165, 1.54) is 18.4 Å². The van der Waals surface area contributed by atoms with Crippen LogP contribution in [-0.4, -0.2) is 22.9 Å². The van der Waals surface area contributed by atoms with E-state index in [1.54, 1.807) is 11.3 Å². The van der Waals surface area contributed by atoms with Crippen molar-refractivity contribution >= 4 is 11.3 Å².